The van der Waals surface area contributed by atoms with Crippen LogP contribution >= 0.6 is 0 Å². The lowest BCUT2D eigenvalue weighted by molar-refractivity contribution is 0.0372. The second-order valence-corrected chi connectivity index (χ2v) is 7.59. The number of urea groups is 1. The third-order valence-electron chi connectivity index (χ3n) is 5.28. The Labute approximate surface area is 151 Å². The van der Waals surface area contributed by atoms with Crippen LogP contribution in [0.4, 0.5) is 4.79 Å². The van der Waals surface area contributed by atoms with Crippen molar-refractivity contribution in [2.45, 2.75) is 44.9 Å². The van der Waals surface area contributed by atoms with E-state index in [1.807, 2.05) is 4.90 Å². The van der Waals surface area contributed by atoms with Gasteiger partial charge in [0.25, 0.3) is 0 Å². The molecule has 2 heterocycles. The minimum absolute atomic E-state index is 0.0585. The minimum Gasteiger partial charge on any atom is -0.378 e. The van der Waals surface area contributed by atoms with Crippen LogP contribution in [0.1, 0.15) is 36.8 Å². The van der Waals surface area contributed by atoms with Crippen molar-refractivity contribution in [3.05, 3.63) is 35.4 Å². The first-order valence-electron chi connectivity index (χ1n) is 9.49. The molecule has 2 amide bonds. The Hall–Kier alpha value is -1.59. The van der Waals surface area contributed by atoms with Crippen molar-refractivity contribution in [3.8, 4) is 0 Å². The van der Waals surface area contributed by atoms with Gasteiger partial charge in [0, 0.05) is 32.8 Å². The summed E-state index contributed by atoms with van der Waals surface area (Å²) < 4.78 is 5.80. The lowest BCUT2D eigenvalue weighted by Crippen LogP contribution is -2.45. The number of rotatable bonds is 5. The molecule has 0 aromatic heterocycles. The number of benzene rings is 1. The number of hydrogen-bond donors (Lipinski definition) is 1. The molecule has 1 aromatic carbocycles. The van der Waals surface area contributed by atoms with E-state index in [0.717, 1.165) is 44.6 Å². The van der Waals surface area contributed by atoms with Gasteiger partial charge >= 0.3 is 6.03 Å². The van der Waals surface area contributed by atoms with Crippen molar-refractivity contribution in [2.75, 3.05) is 33.8 Å². The number of ether oxygens (including phenoxy) is 1. The third-order valence-corrected chi connectivity index (χ3v) is 5.28. The summed E-state index contributed by atoms with van der Waals surface area (Å²) in [6.07, 6.45) is 4.96. The highest BCUT2D eigenvalue weighted by molar-refractivity contribution is 5.74. The summed E-state index contributed by atoms with van der Waals surface area (Å²) in [5.74, 6) is 0.635. The maximum absolute atomic E-state index is 12.4. The maximum atomic E-state index is 12.4. The molecular weight excluding hydrogens is 314 g/mol. The molecule has 1 atom stereocenters. The summed E-state index contributed by atoms with van der Waals surface area (Å²) in [6, 6.07) is 8.53. The maximum Gasteiger partial charge on any atom is 0.317 e. The van der Waals surface area contributed by atoms with Gasteiger partial charge in [-0.3, -0.25) is 0 Å². The fraction of sp³-hybridized carbons (Fsp3) is 0.650. The summed E-state index contributed by atoms with van der Waals surface area (Å²) in [6.45, 7) is 4.13. The highest BCUT2D eigenvalue weighted by atomic mass is 16.5. The molecule has 5 nitrogen and oxygen atoms in total. The first-order chi connectivity index (χ1) is 12.1. The molecule has 2 aliphatic heterocycles. The van der Waals surface area contributed by atoms with E-state index in [1.165, 1.54) is 18.4 Å². The zero-order valence-electron chi connectivity index (χ0n) is 15.5. The fourth-order valence-electron chi connectivity index (χ4n) is 3.87. The lowest BCUT2D eigenvalue weighted by Gasteiger charge is -2.34. The Balaban J connectivity index is 1.40. The molecule has 1 N–H and O–H groups in total. The normalized spacial score (nSPS) is 21.7. The van der Waals surface area contributed by atoms with Gasteiger partial charge in [0.05, 0.1) is 6.10 Å². The molecule has 2 saturated heterocycles. The van der Waals surface area contributed by atoms with Crippen molar-refractivity contribution in [2.24, 2.45) is 5.92 Å². The number of likely N-dealkylation sites (tertiary alicyclic amines) is 1. The minimum atomic E-state index is 0.0585. The second-order valence-electron chi connectivity index (χ2n) is 7.59. The van der Waals surface area contributed by atoms with Gasteiger partial charge in [-0.05, 0) is 56.8 Å². The summed E-state index contributed by atoms with van der Waals surface area (Å²) >= 11 is 0. The van der Waals surface area contributed by atoms with E-state index in [-0.39, 0.29) is 6.03 Å². The van der Waals surface area contributed by atoms with Crippen LogP contribution in [-0.2, 0) is 17.8 Å². The molecule has 0 aliphatic carbocycles. The molecule has 2 aliphatic rings. The summed E-state index contributed by atoms with van der Waals surface area (Å²) in [7, 11) is 4.13. The van der Waals surface area contributed by atoms with Crippen LogP contribution in [0.15, 0.2) is 24.3 Å². The van der Waals surface area contributed by atoms with Gasteiger partial charge < -0.3 is 19.9 Å². The van der Waals surface area contributed by atoms with E-state index in [4.69, 9.17) is 4.74 Å². The van der Waals surface area contributed by atoms with Gasteiger partial charge in [0.2, 0.25) is 0 Å². The van der Waals surface area contributed by atoms with Gasteiger partial charge in [-0.15, -0.1) is 0 Å². The van der Waals surface area contributed by atoms with Crippen molar-refractivity contribution in [3.63, 3.8) is 0 Å². The molecule has 5 heteroatoms. The molecule has 1 aromatic rings. The Morgan fingerprint density at radius 1 is 1.16 bits per heavy atom. The molecule has 0 radical (unpaired) electrons. The average molecular weight is 345 g/mol. The molecular formula is C20H31N3O2. The van der Waals surface area contributed by atoms with Crippen molar-refractivity contribution in [1.82, 2.24) is 15.1 Å². The monoisotopic (exact) mass is 345 g/mol. The topological polar surface area (TPSA) is 44.8 Å². The van der Waals surface area contributed by atoms with E-state index in [0.29, 0.717) is 18.6 Å². The van der Waals surface area contributed by atoms with E-state index in [2.05, 4.69) is 48.6 Å². The Morgan fingerprint density at radius 3 is 2.44 bits per heavy atom. The summed E-state index contributed by atoms with van der Waals surface area (Å²) in [4.78, 5) is 16.5. The molecule has 0 unspecified atom stereocenters. The number of carbonyl (C=O) groups is 1. The largest absolute Gasteiger partial charge is 0.378 e. The summed E-state index contributed by atoms with van der Waals surface area (Å²) in [5, 5.41) is 3.06. The average Bonchev–Trinajstić information content (AvgIpc) is 3.15. The molecule has 3 rings (SSSR count). The van der Waals surface area contributed by atoms with Gasteiger partial charge in [-0.1, -0.05) is 24.3 Å². The number of carbonyl (C=O) groups excluding carboxylic acids is 1. The van der Waals surface area contributed by atoms with Crippen LogP contribution < -0.4 is 5.32 Å². The van der Waals surface area contributed by atoms with E-state index in [9.17, 15) is 4.79 Å². The van der Waals surface area contributed by atoms with Crippen LogP contribution in [0.3, 0.4) is 0 Å². The summed E-state index contributed by atoms with van der Waals surface area (Å²) in [5.41, 5.74) is 2.43. The first kappa shape index (κ1) is 18.2. The predicted molar refractivity (Wildman–Crippen MR) is 99.3 cm³/mol. The van der Waals surface area contributed by atoms with Crippen LogP contribution in [0, 0.1) is 5.92 Å². The van der Waals surface area contributed by atoms with Gasteiger partial charge in [-0.25, -0.2) is 4.79 Å². The van der Waals surface area contributed by atoms with Crippen LogP contribution in [0.25, 0.3) is 0 Å². The highest BCUT2D eigenvalue weighted by Crippen LogP contribution is 2.28. The Morgan fingerprint density at radius 2 is 1.84 bits per heavy atom. The lowest BCUT2D eigenvalue weighted by atomic mass is 9.90. The molecule has 2 fully saturated rings. The number of nitrogens with zero attached hydrogens (tertiary/aromatic N) is 2. The molecule has 138 valence electrons. The Bertz CT molecular complexity index is 545. The Kier molecular flexibility index (Phi) is 6.32. The molecule has 0 bridgehead atoms. The van der Waals surface area contributed by atoms with Crippen molar-refractivity contribution >= 4 is 6.03 Å². The quantitative estimate of drug-likeness (QED) is 0.892. The zero-order chi connectivity index (χ0) is 17.6. The molecule has 0 spiro atoms. The zero-order valence-corrected chi connectivity index (χ0v) is 15.5. The van der Waals surface area contributed by atoms with Crippen LogP contribution in [0.2, 0.25) is 0 Å². The van der Waals surface area contributed by atoms with E-state index >= 15 is 0 Å². The van der Waals surface area contributed by atoms with E-state index < -0.39 is 0 Å². The first-order valence-corrected chi connectivity index (χ1v) is 9.49. The van der Waals surface area contributed by atoms with Gasteiger partial charge in [0.15, 0.2) is 0 Å². The molecule has 0 saturated carbocycles. The van der Waals surface area contributed by atoms with Crippen molar-refractivity contribution in [1.29, 1.82) is 0 Å². The smallest absolute Gasteiger partial charge is 0.317 e. The number of piperidine rings is 1. The third kappa shape index (κ3) is 5.19. The van der Waals surface area contributed by atoms with Gasteiger partial charge in [0.1, 0.15) is 0 Å². The second kappa shape index (κ2) is 8.68. The standard InChI is InChI=1S/C20H31N3O2/c1-22(2)15-17-7-5-16(6-8-17)14-21-20(24)23-11-9-18(10-12-23)19-4-3-13-25-19/h5-8,18-19H,3-4,9-15H2,1-2H3,(H,21,24)/t19-/m1/s1. The number of nitrogens with one attached hydrogen (secondary N) is 1. The highest BCUT2D eigenvalue weighted by Gasteiger charge is 2.30. The number of hydrogen-bond acceptors (Lipinski definition) is 3. The predicted octanol–water partition coefficient (Wildman–Crippen LogP) is 2.85. The molecule has 25 heavy (non-hydrogen) atoms. The van der Waals surface area contributed by atoms with Crippen molar-refractivity contribution < 1.29 is 9.53 Å². The van der Waals surface area contributed by atoms with Crippen LogP contribution in [0.5, 0.6) is 0 Å². The fourth-order valence-corrected chi connectivity index (χ4v) is 3.87. The van der Waals surface area contributed by atoms with Gasteiger partial charge in [-0.2, -0.15) is 0 Å². The number of amides is 2. The van der Waals surface area contributed by atoms with E-state index in [1.54, 1.807) is 0 Å². The van der Waals surface area contributed by atoms with Crippen LogP contribution in [-0.4, -0.2) is 55.7 Å². The SMILES string of the molecule is CN(C)Cc1ccc(CNC(=O)N2CCC([C@H]3CCCO3)CC2)cc1.